The molecule has 9 heteroatoms. The molecule has 0 spiro atoms. The van der Waals surface area contributed by atoms with Gasteiger partial charge in [-0.15, -0.1) is 0 Å². The Labute approximate surface area is 262 Å². The third-order valence-corrected chi connectivity index (χ3v) is 7.13. The summed E-state index contributed by atoms with van der Waals surface area (Å²) >= 11 is 0. The molecule has 0 fully saturated rings. The van der Waals surface area contributed by atoms with E-state index in [1.54, 1.807) is 32.9 Å². The fourth-order valence-electron chi connectivity index (χ4n) is 4.87. The fourth-order valence-corrected chi connectivity index (χ4v) is 4.87. The van der Waals surface area contributed by atoms with E-state index in [2.05, 4.69) is 24.1 Å². The number of para-hydroxylation sites is 1. The van der Waals surface area contributed by atoms with Crippen LogP contribution >= 0.6 is 0 Å². The summed E-state index contributed by atoms with van der Waals surface area (Å²) in [6.45, 7) is 13.3. The van der Waals surface area contributed by atoms with E-state index < -0.39 is 41.5 Å². The molecule has 0 bridgehead atoms. The second kappa shape index (κ2) is 17.9. The lowest BCUT2D eigenvalue weighted by molar-refractivity contribution is -0.141. The Morgan fingerprint density at radius 3 is 2.32 bits per heavy atom. The maximum Gasteiger partial charge on any atom is 0.408 e. The van der Waals surface area contributed by atoms with E-state index >= 15 is 0 Å². The van der Waals surface area contributed by atoms with Crippen LogP contribution in [0.25, 0.3) is 6.08 Å². The van der Waals surface area contributed by atoms with Crippen LogP contribution in [0.2, 0.25) is 0 Å². The van der Waals surface area contributed by atoms with Crippen molar-refractivity contribution in [2.75, 3.05) is 11.9 Å². The molecule has 0 aliphatic rings. The highest BCUT2D eigenvalue weighted by molar-refractivity contribution is 5.99. The number of carbonyl (C=O) groups is 4. The van der Waals surface area contributed by atoms with Crippen molar-refractivity contribution in [2.24, 2.45) is 5.73 Å². The van der Waals surface area contributed by atoms with E-state index in [1.165, 1.54) is 4.90 Å². The third-order valence-electron chi connectivity index (χ3n) is 7.13. The van der Waals surface area contributed by atoms with Crippen molar-refractivity contribution < 1.29 is 23.9 Å². The number of hydrogen-bond donors (Lipinski definition) is 3. The van der Waals surface area contributed by atoms with Gasteiger partial charge in [-0.25, -0.2) is 4.79 Å². The number of ether oxygens (including phenoxy) is 1. The molecule has 9 nitrogen and oxygen atoms in total. The van der Waals surface area contributed by atoms with Gasteiger partial charge < -0.3 is 26.0 Å². The van der Waals surface area contributed by atoms with Crippen LogP contribution in [-0.2, 0) is 19.1 Å². The SMILES string of the molecule is C=Cc1cccc(C(C(=O)Nc2ccccc2C)N(CCCCCCCC)C(=O)C(CCC(N)=O)NC(=O)OC(C)(C)C)c1. The summed E-state index contributed by atoms with van der Waals surface area (Å²) in [6.07, 6.45) is 6.56. The Hall–Kier alpha value is -4.14. The monoisotopic (exact) mass is 606 g/mol. The largest absolute Gasteiger partial charge is 0.444 e. The summed E-state index contributed by atoms with van der Waals surface area (Å²) < 4.78 is 5.43. The molecule has 2 rings (SSSR count). The Morgan fingerprint density at radius 2 is 1.68 bits per heavy atom. The molecule has 0 saturated carbocycles. The number of unbranched alkanes of at least 4 members (excludes halogenated alkanes) is 5. The highest BCUT2D eigenvalue weighted by Crippen LogP contribution is 2.28. The van der Waals surface area contributed by atoms with Gasteiger partial charge in [-0.05, 0) is 69.4 Å². The van der Waals surface area contributed by atoms with Gasteiger partial charge in [-0.3, -0.25) is 14.4 Å². The summed E-state index contributed by atoms with van der Waals surface area (Å²) in [5.41, 5.74) is 7.53. The Bertz CT molecular complexity index is 1270. The first-order chi connectivity index (χ1) is 20.9. The molecule has 0 aromatic heterocycles. The number of hydrogen-bond acceptors (Lipinski definition) is 5. The molecule has 2 aromatic carbocycles. The Kier molecular flexibility index (Phi) is 14.6. The summed E-state index contributed by atoms with van der Waals surface area (Å²) in [4.78, 5) is 54.7. The van der Waals surface area contributed by atoms with Crippen LogP contribution in [0.1, 0.15) is 102 Å². The number of amides is 4. The predicted molar refractivity (Wildman–Crippen MR) is 176 cm³/mol. The van der Waals surface area contributed by atoms with Crippen LogP contribution in [0.3, 0.4) is 0 Å². The van der Waals surface area contributed by atoms with E-state index in [0.717, 1.165) is 43.2 Å². The van der Waals surface area contributed by atoms with E-state index in [1.807, 2.05) is 49.4 Å². The van der Waals surface area contributed by atoms with Gasteiger partial charge in [0.05, 0.1) is 0 Å². The number of benzene rings is 2. The van der Waals surface area contributed by atoms with Crippen LogP contribution in [0, 0.1) is 6.92 Å². The highest BCUT2D eigenvalue weighted by atomic mass is 16.6. The van der Waals surface area contributed by atoms with Gasteiger partial charge in [-0.1, -0.05) is 88.1 Å². The second-order valence-electron chi connectivity index (χ2n) is 12.1. The van der Waals surface area contributed by atoms with E-state index in [0.29, 0.717) is 17.7 Å². The minimum absolute atomic E-state index is 0.0424. The average Bonchev–Trinajstić information content (AvgIpc) is 2.96. The summed E-state index contributed by atoms with van der Waals surface area (Å²) in [6, 6.07) is 12.6. The Morgan fingerprint density at radius 1 is 1.00 bits per heavy atom. The number of nitrogens with two attached hydrogens (primary N) is 1. The van der Waals surface area contributed by atoms with Gasteiger partial charge in [0.15, 0.2) is 0 Å². The number of anilines is 1. The molecule has 240 valence electrons. The lowest BCUT2D eigenvalue weighted by Crippen LogP contribution is -2.52. The van der Waals surface area contributed by atoms with E-state index in [9.17, 15) is 19.2 Å². The number of alkyl carbamates (subject to hydrolysis) is 1. The van der Waals surface area contributed by atoms with Crippen LogP contribution < -0.4 is 16.4 Å². The molecule has 4 N–H and O–H groups in total. The van der Waals surface area contributed by atoms with Crippen molar-refractivity contribution in [2.45, 2.75) is 104 Å². The van der Waals surface area contributed by atoms with E-state index in [-0.39, 0.29) is 19.4 Å². The quantitative estimate of drug-likeness (QED) is 0.173. The first-order valence-corrected chi connectivity index (χ1v) is 15.5. The van der Waals surface area contributed by atoms with Gasteiger partial charge in [0.2, 0.25) is 11.8 Å². The first-order valence-electron chi connectivity index (χ1n) is 15.5. The lowest BCUT2D eigenvalue weighted by Gasteiger charge is -2.35. The van der Waals surface area contributed by atoms with Gasteiger partial charge in [0.1, 0.15) is 17.7 Å². The molecule has 4 amide bonds. The van der Waals surface area contributed by atoms with E-state index in [4.69, 9.17) is 10.5 Å². The minimum Gasteiger partial charge on any atom is -0.444 e. The standard InChI is InChI=1S/C35H50N4O5/c1-7-9-10-11-12-15-23-39(33(42)29(21-22-30(36)40)38-34(43)44-35(4,5)6)31(27-19-16-18-26(8-2)24-27)32(41)37-28-20-14-13-17-25(28)3/h8,13-14,16-20,24,29,31H,2,7,9-12,15,21-23H2,1,3-6H3,(H2,36,40)(H,37,41)(H,38,43). The fraction of sp³-hybridized carbons (Fsp3) is 0.486. The Balaban J connectivity index is 2.57. The predicted octanol–water partition coefficient (Wildman–Crippen LogP) is 6.67. The van der Waals surface area contributed by atoms with Crippen LogP contribution in [0.15, 0.2) is 55.1 Å². The van der Waals surface area contributed by atoms with Gasteiger partial charge in [0.25, 0.3) is 5.91 Å². The zero-order valence-corrected chi connectivity index (χ0v) is 27.0. The molecule has 2 unspecified atom stereocenters. The summed E-state index contributed by atoms with van der Waals surface area (Å²) in [5.74, 6) is -1.51. The zero-order chi connectivity index (χ0) is 32.7. The number of nitrogens with one attached hydrogen (secondary N) is 2. The molecule has 0 saturated heterocycles. The van der Waals surface area contributed by atoms with Crippen LogP contribution in [-0.4, -0.2) is 46.9 Å². The molecule has 0 radical (unpaired) electrons. The van der Waals surface area contributed by atoms with Gasteiger partial charge in [-0.2, -0.15) is 0 Å². The van der Waals surface area contributed by atoms with Gasteiger partial charge in [0, 0.05) is 18.7 Å². The molecule has 2 atom stereocenters. The van der Waals surface area contributed by atoms with Crippen molar-refractivity contribution in [3.8, 4) is 0 Å². The maximum atomic E-state index is 14.4. The second-order valence-corrected chi connectivity index (χ2v) is 12.1. The highest BCUT2D eigenvalue weighted by Gasteiger charge is 2.36. The molecule has 0 aliphatic heterocycles. The third kappa shape index (κ3) is 12.2. The topological polar surface area (TPSA) is 131 Å². The molecule has 44 heavy (non-hydrogen) atoms. The lowest BCUT2D eigenvalue weighted by atomic mass is 9.98. The smallest absolute Gasteiger partial charge is 0.408 e. The average molecular weight is 607 g/mol. The molecule has 0 heterocycles. The first kappa shape index (κ1) is 36.1. The van der Waals surface area contributed by atoms with Gasteiger partial charge >= 0.3 is 6.09 Å². The molecule has 2 aromatic rings. The molecular formula is C35H50N4O5. The molecular weight excluding hydrogens is 556 g/mol. The van der Waals surface area contributed by atoms with Crippen LogP contribution in [0.5, 0.6) is 0 Å². The number of carbonyl (C=O) groups excluding carboxylic acids is 4. The number of primary amides is 1. The minimum atomic E-state index is -1.14. The summed E-state index contributed by atoms with van der Waals surface area (Å²) in [5, 5.41) is 5.66. The van der Waals surface area contributed by atoms with Crippen molar-refractivity contribution in [1.29, 1.82) is 0 Å². The maximum absolute atomic E-state index is 14.4. The van der Waals surface area contributed by atoms with Crippen molar-refractivity contribution in [3.63, 3.8) is 0 Å². The summed E-state index contributed by atoms with van der Waals surface area (Å²) in [7, 11) is 0. The van der Waals surface area contributed by atoms with Crippen molar-refractivity contribution in [3.05, 3.63) is 71.8 Å². The zero-order valence-electron chi connectivity index (χ0n) is 27.0. The number of aryl methyl sites for hydroxylation is 1. The van der Waals surface area contributed by atoms with Crippen molar-refractivity contribution in [1.82, 2.24) is 10.2 Å². The van der Waals surface area contributed by atoms with Crippen LogP contribution in [0.4, 0.5) is 10.5 Å². The number of rotatable bonds is 17. The van der Waals surface area contributed by atoms with Crippen molar-refractivity contribution >= 4 is 35.6 Å². The molecule has 0 aliphatic carbocycles. The normalized spacial score (nSPS) is 12.5. The number of nitrogens with zero attached hydrogens (tertiary/aromatic N) is 1.